The molecule has 0 unspecified atom stereocenters. The van der Waals surface area contributed by atoms with E-state index < -0.39 is 0 Å². The molecule has 0 spiro atoms. The largest absolute Gasteiger partial charge is 0.497 e. The van der Waals surface area contributed by atoms with Crippen LogP contribution in [0.15, 0.2) is 18.2 Å². The van der Waals surface area contributed by atoms with Crippen LogP contribution in [0.3, 0.4) is 0 Å². The minimum atomic E-state index is 0.327. The number of hydrogen-bond donors (Lipinski definition) is 0. The number of hydrogen-bond acceptors (Lipinski definition) is 2. The molecule has 4 atom stereocenters. The van der Waals surface area contributed by atoms with Crippen molar-refractivity contribution in [3.05, 3.63) is 29.3 Å². The summed E-state index contributed by atoms with van der Waals surface area (Å²) in [6.07, 6.45) is 6.19. The molecule has 2 bridgehead atoms. The number of ether oxygens (including phenoxy) is 1. The Morgan fingerprint density at radius 2 is 2.00 bits per heavy atom. The molecule has 0 aromatic heterocycles. The van der Waals surface area contributed by atoms with Gasteiger partial charge >= 0.3 is 0 Å². The number of carbonyl (C=O) groups excluding carboxylic acids is 1. The van der Waals surface area contributed by atoms with Crippen molar-refractivity contribution in [1.82, 2.24) is 0 Å². The topological polar surface area (TPSA) is 26.3 Å². The quantitative estimate of drug-likeness (QED) is 0.769. The zero-order valence-corrected chi connectivity index (χ0v) is 11.4. The molecule has 2 nitrogen and oxygen atoms in total. The number of rotatable bonds is 1. The van der Waals surface area contributed by atoms with Gasteiger partial charge in [-0.05, 0) is 73.6 Å². The number of aryl methyl sites for hydroxylation is 1. The van der Waals surface area contributed by atoms with Crippen LogP contribution in [-0.4, -0.2) is 12.9 Å². The van der Waals surface area contributed by atoms with Gasteiger partial charge in [-0.25, -0.2) is 0 Å². The third kappa shape index (κ3) is 1.58. The van der Waals surface area contributed by atoms with Crippen molar-refractivity contribution in [3.8, 4) is 5.75 Å². The van der Waals surface area contributed by atoms with E-state index >= 15 is 0 Å². The fourth-order valence-electron chi connectivity index (χ4n) is 4.88. The molecule has 0 amide bonds. The van der Waals surface area contributed by atoms with Crippen molar-refractivity contribution in [2.75, 3.05) is 7.11 Å². The Balaban J connectivity index is 1.76. The molecule has 0 N–H and O–H groups in total. The fourth-order valence-corrected chi connectivity index (χ4v) is 4.88. The first-order valence-corrected chi connectivity index (χ1v) is 7.49. The van der Waals surface area contributed by atoms with Gasteiger partial charge in [0.2, 0.25) is 0 Å². The van der Waals surface area contributed by atoms with Crippen molar-refractivity contribution in [2.45, 2.75) is 32.1 Å². The van der Waals surface area contributed by atoms with Crippen LogP contribution in [0.1, 0.15) is 41.6 Å². The maximum atomic E-state index is 12.9. The second-order valence-corrected chi connectivity index (χ2v) is 6.45. The zero-order chi connectivity index (χ0) is 13.0. The second kappa shape index (κ2) is 4.09. The van der Waals surface area contributed by atoms with Crippen molar-refractivity contribution < 1.29 is 9.53 Å². The fraction of sp³-hybridized carbons (Fsp3) is 0.588. The Kier molecular flexibility index (Phi) is 2.48. The van der Waals surface area contributed by atoms with Crippen molar-refractivity contribution in [1.29, 1.82) is 0 Å². The van der Waals surface area contributed by atoms with E-state index in [1.807, 2.05) is 12.1 Å². The summed E-state index contributed by atoms with van der Waals surface area (Å²) in [7, 11) is 1.69. The van der Waals surface area contributed by atoms with Gasteiger partial charge in [0.25, 0.3) is 0 Å². The Morgan fingerprint density at radius 1 is 1.16 bits per heavy atom. The monoisotopic (exact) mass is 256 g/mol. The molecular weight excluding hydrogens is 236 g/mol. The normalized spacial score (nSPS) is 35.7. The van der Waals surface area contributed by atoms with Gasteiger partial charge in [-0.15, -0.1) is 0 Å². The highest BCUT2D eigenvalue weighted by Crippen LogP contribution is 2.55. The van der Waals surface area contributed by atoms with Crippen molar-refractivity contribution >= 4 is 5.78 Å². The van der Waals surface area contributed by atoms with Crippen LogP contribution in [0, 0.1) is 23.7 Å². The third-order valence-corrected chi connectivity index (χ3v) is 5.72. The van der Waals surface area contributed by atoms with Crippen LogP contribution in [-0.2, 0) is 6.42 Å². The summed E-state index contributed by atoms with van der Waals surface area (Å²) >= 11 is 0. The number of Topliss-reactive ketones (excluding diaryl/α,β-unsaturated/α-hetero) is 1. The average Bonchev–Trinajstić information content (AvgIpc) is 3.01. The first kappa shape index (κ1) is 11.5. The molecule has 2 heteroatoms. The van der Waals surface area contributed by atoms with Gasteiger partial charge < -0.3 is 4.74 Å². The molecule has 0 heterocycles. The van der Waals surface area contributed by atoms with E-state index in [0.717, 1.165) is 23.7 Å². The second-order valence-electron chi connectivity index (χ2n) is 6.45. The number of methoxy groups -OCH3 is 1. The van der Waals surface area contributed by atoms with Crippen LogP contribution >= 0.6 is 0 Å². The molecule has 2 saturated carbocycles. The van der Waals surface area contributed by atoms with E-state index in [0.29, 0.717) is 23.5 Å². The number of benzene rings is 1. The Bertz CT molecular complexity index is 534. The molecule has 3 aliphatic carbocycles. The van der Waals surface area contributed by atoms with E-state index in [9.17, 15) is 4.79 Å². The summed E-state index contributed by atoms with van der Waals surface area (Å²) in [5, 5.41) is 0. The summed E-state index contributed by atoms with van der Waals surface area (Å²) in [6.45, 7) is 0. The molecule has 19 heavy (non-hydrogen) atoms. The van der Waals surface area contributed by atoms with Crippen molar-refractivity contribution in [3.63, 3.8) is 0 Å². The lowest BCUT2D eigenvalue weighted by atomic mass is 9.75. The van der Waals surface area contributed by atoms with Gasteiger partial charge in [0.15, 0.2) is 5.78 Å². The van der Waals surface area contributed by atoms with Gasteiger partial charge in [-0.3, -0.25) is 4.79 Å². The van der Waals surface area contributed by atoms with E-state index in [1.54, 1.807) is 7.11 Å². The molecule has 1 aromatic rings. The third-order valence-electron chi connectivity index (χ3n) is 5.72. The van der Waals surface area contributed by atoms with Crippen molar-refractivity contribution in [2.24, 2.45) is 23.7 Å². The minimum absolute atomic E-state index is 0.327. The maximum Gasteiger partial charge on any atom is 0.166 e. The van der Waals surface area contributed by atoms with Gasteiger partial charge in [0.05, 0.1) is 7.11 Å². The predicted molar refractivity (Wildman–Crippen MR) is 73.5 cm³/mol. The molecule has 0 saturated heterocycles. The van der Waals surface area contributed by atoms with Crippen LogP contribution in [0.25, 0.3) is 0 Å². The van der Waals surface area contributed by atoms with Crippen LogP contribution in [0.4, 0.5) is 0 Å². The summed E-state index contributed by atoms with van der Waals surface area (Å²) < 4.78 is 5.29. The van der Waals surface area contributed by atoms with E-state index in [-0.39, 0.29) is 0 Å². The van der Waals surface area contributed by atoms with Gasteiger partial charge in [-0.2, -0.15) is 0 Å². The Morgan fingerprint density at radius 3 is 2.84 bits per heavy atom. The predicted octanol–water partition coefficient (Wildman–Crippen LogP) is 3.49. The summed E-state index contributed by atoms with van der Waals surface area (Å²) in [5.74, 6) is 3.79. The van der Waals surface area contributed by atoms with Crippen LogP contribution < -0.4 is 4.74 Å². The average molecular weight is 256 g/mol. The van der Waals surface area contributed by atoms with Crippen LogP contribution in [0.5, 0.6) is 5.75 Å². The lowest BCUT2D eigenvalue weighted by Gasteiger charge is -2.28. The SMILES string of the molecule is COc1ccc2c(c1)CC[C@@H]1[C@@H]3CC[C@@H](C3)[C@H]1C2=O. The summed E-state index contributed by atoms with van der Waals surface area (Å²) in [5.41, 5.74) is 2.18. The molecule has 0 aliphatic heterocycles. The smallest absolute Gasteiger partial charge is 0.166 e. The summed E-state index contributed by atoms with van der Waals surface area (Å²) in [4.78, 5) is 12.9. The highest BCUT2D eigenvalue weighted by atomic mass is 16.5. The zero-order valence-electron chi connectivity index (χ0n) is 11.4. The van der Waals surface area contributed by atoms with E-state index in [2.05, 4.69) is 6.07 Å². The molecular formula is C17H20O2. The van der Waals surface area contributed by atoms with Gasteiger partial charge in [0.1, 0.15) is 5.75 Å². The first-order valence-electron chi connectivity index (χ1n) is 7.49. The molecule has 3 aliphatic rings. The molecule has 1 aromatic carbocycles. The van der Waals surface area contributed by atoms with Gasteiger partial charge in [0, 0.05) is 11.5 Å². The summed E-state index contributed by atoms with van der Waals surface area (Å²) in [6, 6.07) is 5.99. The van der Waals surface area contributed by atoms with Gasteiger partial charge in [-0.1, -0.05) is 0 Å². The number of fused-ring (bicyclic) bond motifs is 6. The standard InChI is InChI=1S/C17H20O2/c1-19-13-5-7-15-11(9-13)4-6-14-10-2-3-12(8-10)16(14)17(15)18/h5,7,9-10,12,14,16H,2-4,6,8H2,1H3/t10-,12+,14-,16-/m1/s1. The highest BCUT2D eigenvalue weighted by molar-refractivity contribution is 6.00. The first-order chi connectivity index (χ1) is 9.28. The number of ketones is 1. The van der Waals surface area contributed by atoms with E-state index in [1.165, 1.54) is 31.2 Å². The van der Waals surface area contributed by atoms with E-state index in [4.69, 9.17) is 4.74 Å². The Hall–Kier alpha value is -1.31. The lowest BCUT2D eigenvalue weighted by molar-refractivity contribution is 0.0810. The molecule has 0 radical (unpaired) electrons. The molecule has 4 rings (SSSR count). The minimum Gasteiger partial charge on any atom is -0.497 e. The highest BCUT2D eigenvalue weighted by Gasteiger charge is 2.51. The number of carbonyl (C=O) groups is 1. The molecule has 100 valence electrons. The maximum absolute atomic E-state index is 12.9. The molecule has 2 fully saturated rings. The Labute approximate surface area is 114 Å². The van der Waals surface area contributed by atoms with Crippen LogP contribution in [0.2, 0.25) is 0 Å². The lowest BCUT2D eigenvalue weighted by Crippen LogP contribution is -2.28.